The van der Waals surface area contributed by atoms with Crippen molar-refractivity contribution >= 4 is 11.9 Å². The Kier molecular flexibility index (Phi) is 6.42. The fourth-order valence-corrected chi connectivity index (χ4v) is 1.30. The molecule has 0 saturated heterocycles. The zero-order valence-corrected chi connectivity index (χ0v) is 9.14. The molecule has 86 valence electrons. The molecule has 0 spiro atoms. The fourth-order valence-electron chi connectivity index (χ4n) is 1.30. The summed E-state index contributed by atoms with van der Waals surface area (Å²) < 4.78 is 0. The van der Waals surface area contributed by atoms with Crippen LogP contribution in [0.15, 0.2) is 12.2 Å². The smallest absolute Gasteiger partial charge is 0.307 e. The molecule has 0 rings (SSSR count). The lowest BCUT2D eigenvalue weighted by atomic mass is 9.90. The van der Waals surface area contributed by atoms with Crippen LogP contribution in [-0.2, 0) is 9.59 Å². The van der Waals surface area contributed by atoms with E-state index in [2.05, 4.69) is 0 Å². The number of hydrogen-bond donors (Lipinski definition) is 2. The van der Waals surface area contributed by atoms with E-state index in [1.54, 1.807) is 13.0 Å². The Bertz CT molecular complexity index is 245. The van der Waals surface area contributed by atoms with Gasteiger partial charge in [0.1, 0.15) is 0 Å². The van der Waals surface area contributed by atoms with Gasteiger partial charge in [0.05, 0.1) is 12.3 Å². The minimum atomic E-state index is -1.07. The molecule has 0 heterocycles. The van der Waals surface area contributed by atoms with Crippen LogP contribution in [0.25, 0.3) is 0 Å². The molecule has 0 bridgehead atoms. The first-order chi connectivity index (χ1) is 6.99. The van der Waals surface area contributed by atoms with E-state index in [4.69, 9.17) is 10.2 Å². The van der Waals surface area contributed by atoms with Gasteiger partial charge in [-0.1, -0.05) is 32.4 Å². The molecule has 15 heavy (non-hydrogen) atoms. The van der Waals surface area contributed by atoms with Crippen LogP contribution in [0.1, 0.15) is 33.1 Å². The summed E-state index contributed by atoms with van der Waals surface area (Å²) in [7, 11) is 0. The third-order valence-electron chi connectivity index (χ3n) is 2.24. The van der Waals surface area contributed by atoms with Gasteiger partial charge in [-0.2, -0.15) is 0 Å². The van der Waals surface area contributed by atoms with Crippen LogP contribution in [0.3, 0.4) is 0 Å². The standard InChI is InChI=1S/C11H18O4/c1-3-4-5-6-8(2)9(11(14)15)7-10(12)13/h5-6,8-9H,3-4,7H2,1-2H3,(H,12,13)(H,14,15). The van der Waals surface area contributed by atoms with Gasteiger partial charge >= 0.3 is 11.9 Å². The Balaban J connectivity index is 4.35. The molecule has 0 fully saturated rings. The molecule has 0 aliphatic carbocycles. The second-order valence-electron chi connectivity index (χ2n) is 3.62. The van der Waals surface area contributed by atoms with E-state index in [0.717, 1.165) is 12.8 Å². The molecule has 0 aromatic heterocycles. The second kappa shape index (κ2) is 7.04. The van der Waals surface area contributed by atoms with Gasteiger partial charge in [-0.25, -0.2) is 0 Å². The Morgan fingerprint density at radius 1 is 1.33 bits per heavy atom. The van der Waals surface area contributed by atoms with Gasteiger partial charge in [-0.3, -0.25) is 9.59 Å². The minimum Gasteiger partial charge on any atom is -0.481 e. The molecular formula is C11H18O4. The van der Waals surface area contributed by atoms with Crippen LogP contribution in [0.2, 0.25) is 0 Å². The van der Waals surface area contributed by atoms with Gasteiger partial charge < -0.3 is 10.2 Å². The number of carbonyl (C=O) groups is 2. The van der Waals surface area contributed by atoms with Crippen LogP contribution < -0.4 is 0 Å². The van der Waals surface area contributed by atoms with Crippen molar-refractivity contribution in [2.45, 2.75) is 33.1 Å². The third-order valence-corrected chi connectivity index (χ3v) is 2.24. The van der Waals surface area contributed by atoms with Crippen LogP contribution in [-0.4, -0.2) is 22.2 Å². The van der Waals surface area contributed by atoms with Gasteiger partial charge in [0.25, 0.3) is 0 Å². The van der Waals surface area contributed by atoms with E-state index in [1.807, 2.05) is 13.0 Å². The highest BCUT2D eigenvalue weighted by molar-refractivity contribution is 5.78. The number of carboxylic acids is 2. The Morgan fingerprint density at radius 2 is 1.93 bits per heavy atom. The topological polar surface area (TPSA) is 74.6 Å². The number of carboxylic acid groups (broad SMARTS) is 2. The summed E-state index contributed by atoms with van der Waals surface area (Å²) in [5.74, 6) is -3.20. The lowest BCUT2D eigenvalue weighted by molar-refractivity contribution is -0.149. The van der Waals surface area contributed by atoms with Crippen molar-refractivity contribution in [1.82, 2.24) is 0 Å². The maximum atomic E-state index is 10.8. The molecule has 2 unspecified atom stereocenters. The van der Waals surface area contributed by atoms with Gasteiger partial charge in [-0.15, -0.1) is 0 Å². The fraction of sp³-hybridized carbons (Fsp3) is 0.636. The van der Waals surface area contributed by atoms with E-state index in [0.29, 0.717) is 0 Å². The maximum absolute atomic E-state index is 10.8. The van der Waals surface area contributed by atoms with Crippen molar-refractivity contribution in [3.63, 3.8) is 0 Å². The van der Waals surface area contributed by atoms with Crippen molar-refractivity contribution in [3.05, 3.63) is 12.2 Å². The number of rotatable bonds is 7. The third kappa shape index (κ3) is 5.88. The lowest BCUT2D eigenvalue weighted by Crippen LogP contribution is -2.23. The number of hydrogen-bond acceptors (Lipinski definition) is 2. The molecule has 2 atom stereocenters. The summed E-state index contributed by atoms with van der Waals surface area (Å²) >= 11 is 0. The number of unbranched alkanes of at least 4 members (excludes halogenated alkanes) is 1. The second-order valence-corrected chi connectivity index (χ2v) is 3.62. The zero-order valence-electron chi connectivity index (χ0n) is 9.14. The predicted octanol–water partition coefficient (Wildman–Crippen LogP) is 2.15. The first-order valence-electron chi connectivity index (χ1n) is 5.10. The summed E-state index contributed by atoms with van der Waals surface area (Å²) in [5, 5.41) is 17.4. The first-order valence-corrected chi connectivity index (χ1v) is 5.10. The summed E-state index contributed by atoms with van der Waals surface area (Å²) in [4.78, 5) is 21.3. The largest absolute Gasteiger partial charge is 0.481 e. The SMILES string of the molecule is CCCC=CC(C)C(CC(=O)O)C(=O)O. The van der Waals surface area contributed by atoms with Gasteiger partial charge in [-0.05, 0) is 12.3 Å². The molecule has 4 heteroatoms. The van der Waals surface area contributed by atoms with Gasteiger partial charge in [0.15, 0.2) is 0 Å². The minimum absolute atomic E-state index is 0.245. The molecule has 0 aliphatic rings. The van der Waals surface area contributed by atoms with Crippen molar-refractivity contribution < 1.29 is 19.8 Å². The summed E-state index contributed by atoms with van der Waals surface area (Å²) in [6, 6.07) is 0. The Morgan fingerprint density at radius 3 is 2.33 bits per heavy atom. The summed E-state index contributed by atoms with van der Waals surface area (Å²) in [6.07, 6.45) is 5.25. The molecule has 0 aliphatic heterocycles. The molecular weight excluding hydrogens is 196 g/mol. The van der Waals surface area contributed by atoms with Crippen molar-refractivity contribution in [3.8, 4) is 0 Å². The van der Waals surface area contributed by atoms with Gasteiger partial charge in [0, 0.05) is 0 Å². The Hall–Kier alpha value is -1.32. The molecule has 0 saturated carbocycles. The normalized spacial score (nSPS) is 15.1. The molecule has 0 amide bonds. The molecule has 0 aromatic rings. The highest BCUT2D eigenvalue weighted by Crippen LogP contribution is 2.18. The molecule has 4 nitrogen and oxygen atoms in total. The van der Waals surface area contributed by atoms with Crippen LogP contribution in [0, 0.1) is 11.8 Å². The average molecular weight is 214 g/mol. The van der Waals surface area contributed by atoms with E-state index in [-0.39, 0.29) is 12.3 Å². The monoisotopic (exact) mass is 214 g/mol. The summed E-state index contributed by atoms with van der Waals surface area (Å²) in [5.41, 5.74) is 0. The first kappa shape index (κ1) is 13.7. The lowest BCUT2D eigenvalue weighted by Gasteiger charge is -2.14. The van der Waals surface area contributed by atoms with Gasteiger partial charge in [0.2, 0.25) is 0 Å². The Labute approximate surface area is 89.6 Å². The van der Waals surface area contributed by atoms with E-state index >= 15 is 0 Å². The molecule has 2 N–H and O–H groups in total. The summed E-state index contributed by atoms with van der Waals surface area (Å²) in [6.45, 7) is 3.76. The van der Waals surface area contributed by atoms with Crippen molar-refractivity contribution in [1.29, 1.82) is 0 Å². The van der Waals surface area contributed by atoms with E-state index < -0.39 is 17.9 Å². The zero-order chi connectivity index (χ0) is 11.8. The quantitative estimate of drug-likeness (QED) is 0.637. The van der Waals surface area contributed by atoms with Crippen molar-refractivity contribution in [2.24, 2.45) is 11.8 Å². The average Bonchev–Trinajstić information content (AvgIpc) is 2.13. The van der Waals surface area contributed by atoms with Crippen LogP contribution in [0.5, 0.6) is 0 Å². The molecule has 0 aromatic carbocycles. The highest BCUT2D eigenvalue weighted by atomic mass is 16.4. The maximum Gasteiger partial charge on any atom is 0.307 e. The number of aliphatic carboxylic acids is 2. The van der Waals surface area contributed by atoms with Crippen LogP contribution >= 0.6 is 0 Å². The highest BCUT2D eigenvalue weighted by Gasteiger charge is 2.25. The van der Waals surface area contributed by atoms with Crippen molar-refractivity contribution in [2.75, 3.05) is 0 Å². The van der Waals surface area contributed by atoms with E-state index in [1.165, 1.54) is 0 Å². The molecule has 0 radical (unpaired) electrons. The predicted molar refractivity (Wildman–Crippen MR) is 56.6 cm³/mol. The van der Waals surface area contributed by atoms with E-state index in [9.17, 15) is 9.59 Å². The van der Waals surface area contributed by atoms with Crippen LogP contribution in [0.4, 0.5) is 0 Å². The number of allylic oxidation sites excluding steroid dienone is 2.